The number of ether oxygens (including phenoxy) is 1. The van der Waals surface area contributed by atoms with Crippen LogP contribution in [0.2, 0.25) is 0 Å². The van der Waals surface area contributed by atoms with Crippen LogP contribution in [0.25, 0.3) is 5.69 Å². The van der Waals surface area contributed by atoms with Gasteiger partial charge in [-0.3, -0.25) is 5.43 Å². The standard InChI is InChI=1S/C20H20IN3O/c1-14-12-16(13-22-23-18-6-4-17(21)5-7-18)15(2)24(14)19-8-10-20(25-3)11-9-19/h4-13,23H,1-3H3. The maximum absolute atomic E-state index is 5.23. The van der Waals surface area contributed by atoms with Gasteiger partial charge in [-0.05, 0) is 91.0 Å². The number of hydrogen-bond acceptors (Lipinski definition) is 3. The summed E-state index contributed by atoms with van der Waals surface area (Å²) in [7, 11) is 1.68. The summed E-state index contributed by atoms with van der Waals surface area (Å²) >= 11 is 2.29. The minimum absolute atomic E-state index is 0.856. The second-order valence-electron chi connectivity index (χ2n) is 5.74. The molecule has 4 nitrogen and oxygen atoms in total. The Morgan fingerprint density at radius 3 is 2.36 bits per heavy atom. The van der Waals surface area contributed by atoms with Crippen LogP contribution in [0.3, 0.4) is 0 Å². The fourth-order valence-corrected chi connectivity index (χ4v) is 3.11. The Labute approximate surface area is 161 Å². The number of hydrazone groups is 1. The molecule has 1 heterocycles. The van der Waals surface area contributed by atoms with Crippen LogP contribution in [-0.2, 0) is 0 Å². The summed E-state index contributed by atoms with van der Waals surface area (Å²) in [6, 6.07) is 18.3. The first-order valence-electron chi connectivity index (χ1n) is 7.96. The van der Waals surface area contributed by atoms with Crippen molar-refractivity contribution >= 4 is 34.5 Å². The van der Waals surface area contributed by atoms with E-state index in [0.29, 0.717) is 0 Å². The van der Waals surface area contributed by atoms with Gasteiger partial charge in [0, 0.05) is 26.2 Å². The van der Waals surface area contributed by atoms with Crippen LogP contribution >= 0.6 is 22.6 Å². The molecule has 0 spiro atoms. The molecule has 25 heavy (non-hydrogen) atoms. The van der Waals surface area contributed by atoms with Gasteiger partial charge in [0.25, 0.3) is 0 Å². The number of hydrogen-bond donors (Lipinski definition) is 1. The highest BCUT2D eigenvalue weighted by Crippen LogP contribution is 2.22. The molecular formula is C20H20IN3O. The Bertz CT molecular complexity index is 881. The van der Waals surface area contributed by atoms with Crippen LogP contribution in [0.15, 0.2) is 59.7 Å². The molecular weight excluding hydrogens is 425 g/mol. The number of nitrogens with zero attached hydrogens (tertiary/aromatic N) is 2. The van der Waals surface area contributed by atoms with E-state index in [2.05, 4.69) is 69.7 Å². The van der Waals surface area contributed by atoms with Crippen LogP contribution in [0.5, 0.6) is 5.75 Å². The second kappa shape index (κ2) is 7.74. The van der Waals surface area contributed by atoms with E-state index in [1.165, 1.54) is 9.26 Å². The smallest absolute Gasteiger partial charge is 0.119 e. The quantitative estimate of drug-likeness (QED) is 0.335. The molecule has 0 bridgehead atoms. The summed E-state index contributed by atoms with van der Waals surface area (Å²) in [6.07, 6.45) is 1.86. The first kappa shape index (κ1) is 17.5. The SMILES string of the molecule is COc1ccc(-n2c(C)cc(C=NNc3ccc(I)cc3)c2C)cc1. The fraction of sp³-hybridized carbons (Fsp3) is 0.150. The van der Waals surface area contributed by atoms with Crippen LogP contribution in [0.1, 0.15) is 17.0 Å². The lowest BCUT2D eigenvalue weighted by molar-refractivity contribution is 0.414. The summed E-state index contributed by atoms with van der Waals surface area (Å²) in [5, 5.41) is 4.37. The van der Waals surface area contributed by atoms with E-state index in [9.17, 15) is 0 Å². The van der Waals surface area contributed by atoms with Gasteiger partial charge < -0.3 is 9.30 Å². The summed E-state index contributed by atoms with van der Waals surface area (Å²) in [5.74, 6) is 0.856. The minimum Gasteiger partial charge on any atom is -0.497 e. The third-order valence-electron chi connectivity index (χ3n) is 4.04. The number of aryl methyl sites for hydroxylation is 1. The molecule has 2 aromatic carbocycles. The van der Waals surface area contributed by atoms with Crippen molar-refractivity contribution in [2.75, 3.05) is 12.5 Å². The molecule has 0 saturated heterocycles. The molecule has 0 aliphatic rings. The Balaban J connectivity index is 1.81. The molecule has 0 saturated carbocycles. The first-order valence-corrected chi connectivity index (χ1v) is 9.04. The van der Waals surface area contributed by atoms with Crippen molar-refractivity contribution < 1.29 is 4.74 Å². The molecule has 0 radical (unpaired) electrons. The summed E-state index contributed by atoms with van der Waals surface area (Å²) in [5.41, 5.74) is 8.56. The Kier molecular flexibility index (Phi) is 5.43. The fourth-order valence-electron chi connectivity index (χ4n) is 2.75. The molecule has 3 rings (SSSR count). The van der Waals surface area contributed by atoms with Crippen molar-refractivity contribution in [3.8, 4) is 11.4 Å². The highest BCUT2D eigenvalue weighted by molar-refractivity contribution is 14.1. The molecule has 1 N–H and O–H groups in total. The molecule has 3 aromatic rings. The zero-order valence-electron chi connectivity index (χ0n) is 14.5. The maximum atomic E-state index is 5.23. The molecule has 0 fully saturated rings. The van der Waals surface area contributed by atoms with Gasteiger partial charge in [-0.25, -0.2) is 0 Å². The van der Waals surface area contributed by atoms with E-state index in [0.717, 1.165) is 28.4 Å². The highest BCUT2D eigenvalue weighted by Gasteiger charge is 2.09. The van der Waals surface area contributed by atoms with Crippen molar-refractivity contribution in [2.45, 2.75) is 13.8 Å². The van der Waals surface area contributed by atoms with Gasteiger partial charge in [-0.15, -0.1) is 0 Å². The van der Waals surface area contributed by atoms with E-state index in [-0.39, 0.29) is 0 Å². The Hall–Kier alpha value is -2.28. The molecule has 128 valence electrons. The average molecular weight is 445 g/mol. The van der Waals surface area contributed by atoms with Crippen LogP contribution in [0.4, 0.5) is 5.69 Å². The molecule has 0 aliphatic carbocycles. The second-order valence-corrected chi connectivity index (χ2v) is 6.98. The highest BCUT2D eigenvalue weighted by atomic mass is 127. The lowest BCUT2D eigenvalue weighted by Crippen LogP contribution is -2.00. The summed E-state index contributed by atoms with van der Waals surface area (Å²) in [6.45, 7) is 4.20. The molecule has 0 atom stereocenters. The lowest BCUT2D eigenvalue weighted by Gasteiger charge is -2.10. The topological polar surface area (TPSA) is 38.5 Å². The number of aromatic nitrogens is 1. The van der Waals surface area contributed by atoms with Gasteiger partial charge in [0.2, 0.25) is 0 Å². The van der Waals surface area contributed by atoms with Crippen molar-refractivity contribution in [1.29, 1.82) is 0 Å². The summed E-state index contributed by atoms with van der Waals surface area (Å²) in [4.78, 5) is 0. The van der Waals surface area contributed by atoms with Crippen molar-refractivity contribution in [3.05, 3.63) is 75.1 Å². The zero-order valence-corrected chi connectivity index (χ0v) is 16.6. The van der Waals surface area contributed by atoms with E-state index in [1.807, 2.05) is 42.6 Å². The average Bonchev–Trinajstić information content (AvgIpc) is 2.90. The Morgan fingerprint density at radius 2 is 1.72 bits per heavy atom. The number of nitrogens with one attached hydrogen (secondary N) is 1. The van der Waals surface area contributed by atoms with E-state index < -0.39 is 0 Å². The zero-order chi connectivity index (χ0) is 17.8. The number of benzene rings is 2. The third-order valence-corrected chi connectivity index (χ3v) is 4.76. The largest absolute Gasteiger partial charge is 0.497 e. The van der Waals surface area contributed by atoms with Crippen molar-refractivity contribution in [1.82, 2.24) is 4.57 Å². The van der Waals surface area contributed by atoms with Crippen LogP contribution in [0, 0.1) is 17.4 Å². The predicted octanol–water partition coefficient (Wildman–Crippen LogP) is 5.15. The van der Waals surface area contributed by atoms with Gasteiger partial charge >= 0.3 is 0 Å². The maximum Gasteiger partial charge on any atom is 0.119 e. The number of anilines is 1. The first-order chi connectivity index (χ1) is 12.1. The van der Waals surface area contributed by atoms with Crippen LogP contribution in [-0.4, -0.2) is 17.9 Å². The lowest BCUT2D eigenvalue weighted by atomic mass is 10.2. The van der Waals surface area contributed by atoms with E-state index >= 15 is 0 Å². The van der Waals surface area contributed by atoms with Gasteiger partial charge in [-0.1, -0.05) is 0 Å². The van der Waals surface area contributed by atoms with Gasteiger partial charge in [0.15, 0.2) is 0 Å². The normalized spacial score (nSPS) is 11.0. The van der Waals surface area contributed by atoms with Crippen LogP contribution < -0.4 is 10.2 Å². The predicted molar refractivity (Wildman–Crippen MR) is 112 cm³/mol. The Morgan fingerprint density at radius 1 is 1.04 bits per heavy atom. The molecule has 0 aliphatic heterocycles. The molecule has 1 aromatic heterocycles. The third kappa shape index (κ3) is 4.04. The minimum atomic E-state index is 0.856. The number of rotatable bonds is 5. The molecule has 0 unspecified atom stereocenters. The van der Waals surface area contributed by atoms with Crippen molar-refractivity contribution in [2.24, 2.45) is 5.10 Å². The molecule has 5 heteroatoms. The van der Waals surface area contributed by atoms with Gasteiger partial charge in [-0.2, -0.15) is 5.10 Å². The summed E-state index contributed by atoms with van der Waals surface area (Å²) < 4.78 is 8.65. The number of methoxy groups -OCH3 is 1. The molecule has 0 amide bonds. The number of halogens is 1. The monoisotopic (exact) mass is 445 g/mol. The van der Waals surface area contributed by atoms with Gasteiger partial charge in [0.05, 0.1) is 19.0 Å². The van der Waals surface area contributed by atoms with Gasteiger partial charge in [0.1, 0.15) is 5.75 Å². The van der Waals surface area contributed by atoms with E-state index in [1.54, 1.807) is 7.11 Å². The van der Waals surface area contributed by atoms with Crippen molar-refractivity contribution in [3.63, 3.8) is 0 Å². The van der Waals surface area contributed by atoms with E-state index in [4.69, 9.17) is 4.74 Å².